The molecule has 2 rings (SSSR count). The van der Waals surface area contributed by atoms with Crippen LogP contribution in [0.3, 0.4) is 0 Å². The van der Waals surface area contributed by atoms with Crippen molar-refractivity contribution in [1.82, 2.24) is 14.8 Å². The van der Waals surface area contributed by atoms with E-state index in [0.29, 0.717) is 17.6 Å². The maximum atomic E-state index is 13.4. The molecule has 0 spiro atoms. The Bertz CT molecular complexity index is 761. The lowest BCUT2D eigenvalue weighted by Gasteiger charge is -2.07. The fourth-order valence-electron chi connectivity index (χ4n) is 1.41. The second kappa shape index (κ2) is 5.05. The van der Waals surface area contributed by atoms with Gasteiger partial charge in [0.1, 0.15) is 0 Å². The van der Waals surface area contributed by atoms with Gasteiger partial charge in [-0.25, -0.2) is 8.42 Å². The molecule has 1 aromatic carbocycles. The minimum atomic E-state index is -4.14. The van der Waals surface area contributed by atoms with Crippen LogP contribution in [0.15, 0.2) is 17.0 Å². The average molecular weight is 319 g/mol. The minimum absolute atomic E-state index is 0.0260. The van der Waals surface area contributed by atoms with Gasteiger partial charge in [-0.05, 0) is 23.8 Å². The summed E-state index contributed by atoms with van der Waals surface area (Å²) in [7, 11) is -4.14. The topological polar surface area (TPSA) is 128 Å². The van der Waals surface area contributed by atoms with Crippen LogP contribution in [0.5, 0.6) is 0 Å². The number of nitrogens with one attached hydrogen (secondary N) is 1. The molecule has 0 saturated carbocycles. The Morgan fingerprint density at radius 3 is 2.70 bits per heavy atom. The smallest absolute Gasteiger partial charge is 0.258 e. The van der Waals surface area contributed by atoms with Gasteiger partial charge in [0, 0.05) is 17.6 Å². The molecule has 0 unspecified atom stereocenters. The zero-order valence-electron chi connectivity index (χ0n) is 9.77. The largest absolute Gasteiger partial charge is 0.306 e. The van der Waals surface area contributed by atoms with E-state index >= 15 is 0 Å². The fraction of sp³-hybridized carbons (Fsp3) is 0.125. The summed E-state index contributed by atoms with van der Waals surface area (Å²) < 4.78 is 42.9. The second-order valence-electron chi connectivity index (χ2n) is 3.60. The van der Waals surface area contributed by atoms with Crippen molar-refractivity contribution in [3.8, 4) is 0 Å². The molecule has 1 heterocycles. The van der Waals surface area contributed by atoms with Crippen LogP contribution < -0.4 is 4.72 Å². The first-order chi connectivity index (χ1) is 9.31. The predicted molar refractivity (Wildman–Crippen MR) is 66.3 cm³/mol. The van der Waals surface area contributed by atoms with E-state index in [-0.39, 0.29) is 10.7 Å². The summed E-state index contributed by atoms with van der Waals surface area (Å²) in [5.74, 6) is -1.11. The van der Waals surface area contributed by atoms with Crippen molar-refractivity contribution in [3.63, 3.8) is 0 Å². The lowest BCUT2D eigenvalue weighted by molar-refractivity contribution is -0.387. The third-order valence-electron chi connectivity index (χ3n) is 2.25. The molecule has 1 N–H and O–H groups in total. The van der Waals surface area contributed by atoms with Crippen LogP contribution in [0.2, 0.25) is 0 Å². The Morgan fingerprint density at radius 1 is 1.45 bits per heavy atom. The highest BCUT2D eigenvalue weighted by Crippen LogP contribution is 2.26. The Labute approximate surface area is 115 Å². The second-order valence-corrected chi connectivity index (χ2v) is 5.98. The van der Waals surface area contributed by atoms with Gasteiger partial charge in [-0.2, -0.15) is 4.39 Å². The first-order valence-electron chi connectivity index (χ1n) is 4.93. The molecular formula is C8H6FN5O4S2. The Balaban J connectivity index is 2.51. The average Bonchev–Trinajstić information content (AvgIpc) is 2.79. The molecule has 0 aliphatic carbocycles. The lowest BCUT2D eigenvalue weighted by atomic mass is 10.2. The van der Waals surface area contributed by atoms with Gasteiger partial charge in [0.05, 0.1) is 9.82 Å². The number of benzene rings is 1. The molecule has 2 aromatic rings. The molecule has 0 saturated heterocycles. The minimum Gasteiger partial charge on any atom is -0.258 e. The molecule has 0 fully saturated rings. The standard InChI is InChI=1S/C8H6FN5O4S2/c1-4-2-5(9)6(14(15)16)3-7(4)20(17,18)11-8-10-12-13-19-8/h2-3H,1H3,(H,10,11,13). The lowest BCUT2D eigenvalue weighted by Crippen LogP contribution is -2.15. The quantitative estimate of drug-likeness (QED) is 0.659. The van der Waals surface area contributed by atoms with Crippen molar-refractivity contribution in [2.45, 2.75) is 11.8 Å². The molecule has 1 aromatic heterocycles. The molecule has 0 aliphatic heterocycles. The van der Waals surface area contributed by atoms with Crippen molar-refractivity contribution >= 4 is 32.4 Å². The van der Waals surface area contributed by atoms with E-state index in [2.05, 4.69) is 19.5 Å². The predicted octanol–water partition coefficient (Wildman–Crippen LogP) is 1.09. The normalized spacial score (nSPS) is 11.3. The molecule has 0 radical (unpaired) electrons. The number of hydrogen-bond acceptors (Lipinski definition) is 8. The summed E-state index contributed by atoms with van der Waals surface area (Å²) >= 11 is 0.694. The molecule has 0 aliphatic rings. The highest BCUT2D eigenvalue weighted by Gasteiger charge is 2.25. The van der Waals surface area contributed by atoms with E-state index in [0.717, 1.165) is 6.07 Å². The van der Waals surface area contributed by atoms with Crippen molar-refractivity contribution in [2.24, 2.45) is 0 Å². The van der Waals surface area contributed by atoms with Crippen molar-refractivity contribution in [2.75, 3.05) is 4.72 Å². The zero-order valence-corrected chi connectivity index (χ0v) is 11.4. The number of rotatable bonds is 4. The number of nitro groups is 1. The van der Waals surface area contributed by atoms with Gasteiger partial charge in [0.25, 0.3) is 10.0 Å². The van der Waals surface area contributed by atoms with E-state index in [9.17, 15) is 22.9 Å². The van der Waals surface area contributed by atoms with Crippen molar-refractivity contribution in [1.29, 1.82) is 0 Å². The number of nitro benzene ring substituents is 1. The Morgan fingerprint density at radius 2 is 2.15 bits per heavy atom. The van der Waals surface area contributed by atoms with Gasteiger partial charge in [0.15, 0.2) is 0 Å². The summed E-state index contributed by atoms with van der Waals surface area (Å²) in [6, 6.07) is 1.44. The number of sulfonamides is 1. The van der Waals surface area contributed by atoms with Gasteiger partial charge in [-0.1, -0.05) is 9.59 Å². The van der Waals surface area contributed by atoms with Gasteiger partial charge in [-0.3, -0.25) is 14.8 Å². The first kappa shape index (κ1) is 14.2. The number of aromatic nitrogens is 3. The number of hydrogen-bond donors (Lipinski definition) is 1. The van der Waals surface area contributed by atoms with E-state index in [1.165, 1.54) is 6.92 Å². The summed E-state index contributed by atoms with van der Waals surface area (Å²) in [5, 5.41) is 17.1. The Kier molecular flexibility index (Phi) is 3.59. The van der Waals surface area contributed by atoms with Crippen LogP contribution in [0, 0.1) is 22.9 Å². The molecule has 9 nitrogen and oxygen atoms in total. The van der Waals surface area contributed by atoms with E-state index < -0.39 is 31.3 Å². The highest BCUT2D eigenvalue weighted by atomic mass is 32.2. The summed E-state index contributed by atoms with van der Waals surface area (Å²) in [6.45, 7) is 1.32. The Hall–Kier alpha value is -2.21. The maximum Gasteiger partial charge on any atom is 0.306 e. The van der Waals surface area contributed by atoms with Gasteiger partial charge < -0.3 is 0 Å². The van der Waals surface area contributed by atoms with Crippen LogP contribution in [-0.2, 0) is 10.0 Å². The van der Waals surface area contributed by atoms with Crippen molar-refractivity contribution in [3.05, 3.63) is 33.6 Å². The SMILES string of the molecule is Cc1cc(F)c([N+](=O)[O-])cc1S(=O)(=O)Nc1nnns1. The van der Waals surface area contributed by atoms with Crippen LogP contribution in [-0.4, -0.2) is 28.1 Å². The third kappa shape index (κ3) is 2.70. The molecule has 0 bridgehead atoms. The van der Waals surface area contributed by atoms with Crippen LogP contribution in [0.1, 0.15) is 5.56 Å². The number of aryl methyl sites for hydroxylation is 1. The summed E-state index contributed by atoms with van der Waals surface area (Å²) in [4.78, 5) is 9.23. The summed E-state index contributed by atoms with van der Waals surface area (Å²) in [5.41, 5.74) is -0.899. The monoisotopic (exact) mass is 319 g/mol. The van der Waals surface area contributed by atoms with Gasteiger partial charge in [-0.15, -0.1) is 0 Å². The van der Waals surface area contributed by atoms with Gasteiger partial charge >= 0.3 is 5.69 Å². The van der Waals surface area contributed by atoms with Crippen LogP contribution >= 0.6 is 11.5 Å². The maximum absolute atomic E-state index is 13.4. The zero-order chi connectivity index (χ0) is 14.9. The number of halogens is 1. The summed E-state index contributed by atoms with van der Waals surface area (Å²) in [6.07, 6.45) is 0. The number of anilines is 1. The molecule has 20 heavy (non-hydrogen) atoms. The molecule has 0 amide bonds. The molecule has 12 heteroatoms. The van der Waals surface area contributed by atoms with E-state index in [1.807, 2.05) is 0 Å². The first-order valence-corrected chi connectivity index (χ1v) is 7.19. The van der Waals surface area contributed by atoms with Gasteiger partial charge in [0.2, 0.25) is 10.9 Å². The fourth-order valence-corrected chi connectivity index (χ4v) is 3.25. The van der Waals surface area contributed by atoms with Crippen LogP contribution in [0.4, 0.5) is 15.2 Å². The number of nitrogens with zero attached hydrogens (tertiary/aromatic N) is 4. The molecular weight excluding hydrogens is 313 g/mol. The van der Waals surface area contributed by atoms with E-state index in [1.54, 1.807) is 0 Å². The highest BCUT2D eigenvalue weighted by molar-refractivity contribution is 7.93. The van der Waals surface area contributed by atoms with Crippen molar-refractivity contribution < 1.29 is 17.7 Å². The molecule has 0 atom stereocenters. The van der Waals surface area contributed by atoms with E-state index in [4.69, 9.17) is 0 Å². The van der Waals surface area contributed by atoms with Crippen LogP contribution in [0.25, 0.3) is 0 Å². The third-order valence-corrected chi connectivity index (χ3v) is 4.37. The molecule has 106 valence electrons.